The summed E-state index contributed by atoms with van der Waals surface area (Å²) >= 11 is 0. The largest absolute Gasteiger partial charge is 0.493 e. The van der Waals surface area contributed by atoms with Gasteiger partial charge >= 0.3 is 0 Å². The first-order chi connectivity index (χ1) is 8.19. The van der Waals surface area contributed by atoms with Crippen LogP contribution in [-0.2, 0) is 4.79 Å². The smallest absolute Gasteiger partial charge is 0.230 e. The maximum absolute atomic E-state index is 11.9. The van der Waals surface area contributed by atoms with E-state index in [1.165, 1.54) is 0 Å². The summed E-state index contributed by atoms with van der Waals surface area (Å²) in [5.74, 6) is 2.10. The van der Waals surface area contributed by atoms with E-state index < -0.39 is 0 Å². The van der Waals surface area contributed by atoms with Crippen molar-refractivity contribution < 1.29 is 14.3 Å². The van der Waals surface area contributed by atoms with Gasteiger partial charge in [-0.25, -0.2) is 0 Å². The van der Waals surface area contributed by atoms with Crippen LogP contribution in [0.4, 0.5) is 5.69 Å². The zero-order valence-corrected chi connectivity index (χ0v) is 9.95. The third kappa shape index (κ3) is 1.55. The molecule has 2 aliphatic rings. The molecule has 90 valence electrons. The Morgan fingerprint density at radius 3 is 2.47 bits per heavy atom. The minimum atomic E-state index is -0.00678. The fourth-order valence-corrected chi connectivity index (χ4v) is 2.24. The summed E-state index contributed by atoms with van der Waals surface area (Å²) in [7, 11) is 3.17. The topological polar surface area (TPSA) is 47.6 Å². The monoisotopic (exact) mass is 233 g/mol. The molecule has 0 atom stereocenters. The number of carbonyl (C=O) groups excluding carboxylic acids is 1. The van der Waals surface area contributed by atoms with Crippen molar-refractivity contribution in [1.82, 2.24) is 0 Å². The third-order valence-corrected chi connectivity index (χ3v) is 3.78. The van der Waals surface area contributed by atoms with E-state index in [1.807, 2.05) is 6.07 Å². The van der Waals surface area contributed by atoms with Crippen LogP contribution in [0.5, 0.6) is 11.5 Å². The predicted molar refractivity (Wildman–Crippen MR) is 63.3 cm³/mol. The van der Waals surface area contributed by atoms with Gasteiger partial charge in [-0.05, 0) is 30.9 Å². The molecule has 0 radical (unpaired) electrons. The first-order valence-corrected chi connectivity index (χ1v) is 5.73. The van der Waals surface area contributed by atoms with E-state index in [-0.39, 0.29) is 11.3 Å². The Morgan fingerprint density at radius 1 is 1.29 bits per heavy atom. The molecule has 1 N–H and O–H groups in total. The first kappa shape index (κ1) is 10.4. The van der Waals surface area contributed by atoms with Gasteiger partial charge in [-0.2, -0.15) is 0 Å². The molecule has 0 heterocycles. The average molecular weight is 233 g/mol. The molecule has 2 fully saturated rings. The first-order valence-electron chi connectivity index (χ1n) is 5.73. The number of nitrogens with one attached hydrogen (secondary N) is 1. The molecule has 1 amide bonds. The molecular weight excluding hydrogens is 218 g/mol. The highest BCUT2D eigenvalue weighted by Crippen LogP contribution is 2.75. The fraction of sp³-hybridized carbons (Fsp3) is 0.462. The van der Waals surface area contributed by atoms with E-state index in [1.54, 1.807) is 26.4 Å². The third-order valence-electron chi connectivity index (χ3n) is 3.78. The van der Waals surface area contributed by atoms with Crippen LogP contribution in [0.25, 0.3) is 0 Å². The van der Waals surface area contributed by atoms with E-state index >= 15 is 0 Å². The summed E-state index contributed by atoms with van der Waals surface area (Å²) in [5, 5.41) is 2.94. The Morgan fingerprint density at radius 2 is 1.94 bits per heavy atom. The van der Waals surface area contributed by atoms with Crippen LogP contribution in [0.1, 0.15) is 12.8 Å². The highest BCUT2D eigenvalue weighted by atomic mass is 16.5. The molecule has 4 heteroatoms. The molecule has 0 bridgehead atoms. The minimum absolute atomic E-state index is 0.00678. The van der Waals surface area contributed by atoms with Gasteiger partial charge in [-0.3, -0.25) is 4.79 Å². The van der Waals surface area contributed by atoms with Crippen molar-refractivity contribution in [2.75, 3.05) is 19.5 Å². The van der Waals surface area contributed by atoms with Gasteiger partial charge in [0.1, 0.15) is 0 Å². The highest BCUT2D eigenvalue weighted by Gasteiger charge is 2.74. The van der Waals surface area contributed by atoms with Crippen molar-refractivity contribution in [3.8, 4) is 11.5 Å². The lowest BCUT2D eigenvalue weighted by atomic mass is 10.2. The van der Waals surface area contributed by atoms with Crippen molar-refractivity contribution in [3.63, 3.8) is 0 Å². The van der Waals surface area contributed by atoms with Gasteiger partial charge in [-0.1, -0.05) is 0 Å². The van der Waals surface area contributed by atoms with Gasteiger partial charge in [0.05, 0.1) is 19.6 Å². The lowest BCUT2D eigenvalue weighted by molar-refractivity contribution is -0.119. The predicted octanol–water partition coefficient (Wildman–Crippen LogP) is 2.05. The molecule has 2 aliphatic carbocycles. The zero-order chi connectivity index (χ0) is 12.0. The van der Waals surface area contributed by atoms with Crippen molar-refractivity contribution in [1.29, 1.82) is 0 Å². The number of methoxy groups -OCH3 is 2. The number of hydrogen-bond donors (Lipinski definition) is 1. The second kappa shape index (κ2) is 3.39. The van der Waals surface area contributed by atoms with Crippen LogP contribution in [0.15, 0.2) is 18.2 Å². The summed E-state index contributed by atoms with van der Waals surface area (Å²) in [6.07, 6.45) is 2.12. The standard InChI is InChI=1S/C13H15NO3/c1-16-10-4-3-9(5-11(10)17-2)14-12(15)13-6-8(13)7-13/h3-5,8H,6-7H2,1-2H3,(H,14,15). The maximum atomic E-state index is 11.9. The van der Waals surface area contributed by atoms with Crippen molar-refractivity contribution >= 4 is 11.6 Å². The summed E-state index contributed by atoms with van der Waals surface area (Å²) in [6.45, 7) is 0. The summed E-state index contributed by atoms with van der Waals surface area (Å²) in [4.78, 5) is 11.9. The SMILES string of the molecule is COc1ccc(NC(=O)C23CC2C3)cc1OC. The van der Waals surface area contributed by atoms with Gasteiger partial charge in [0.2, 0.25) is 5.91 Å². The zero-order valence-electron chi connectivity index (χ0n) is 9.95. The van der Waals surface area contributed by atoms with E-state index in [2.05, 4.69) is 5.32 Å². The van der Waals surface area contributed by atoms with Crippen molar-refractivity contribution in [2.45, 2.75) is 12.8 Å². The lowest BCUT2D eigenvalue weighted by Gasteiger charge is -2.11. The molecule has 1 aromatic rings. The number of ether oxygens (including phenoxy) is 2. The Balaban J connectivity index is 1.76. The molecule has 2 saturated carbocycles. The number of amides is 1. The van der Waals surface area contributed by atoms with Gasteiger partial charge in [0.15, 0.2) is 11.5 Å². The lowest BCUT2D eigenvalue weighted by Crippen LogP contribution is -2.17. The average Bonchev–Trinajstić information content (AvgIpc) is 3.17. The second-order valence-corrected chi connectivity index (χ2v) is 4.79. The van der Waals surface area contributed by atoms with Gasteiger partial charge < -0.3 is 14.8 Å². The molecule has 17 heavy (non-hydrogen) atoms. The number of hydrogen-bond acceptors (Lipinski definition) is 3. The minimum Gasteiger partial charge on any atom is -0.493 e. The molecule has 0 aromatic heterocycles. The van der Waals surface area contributed by atoms with Gasteiger partial charge in [-0.15, -0.1) is 0 Å². The Kier molecular flexibility index (Phi) is 2.08. The molecule has 3 rings (SSSR count). The second-order valence-electron chi connectivity index (χ2n) is 4.79. The molecule has 1 aromatic carbocycles. The van der Waals surface area contributed by atoms with E-state index in [0.717, 1.165) is 18.5 Å². The number of benzene rings is 1. The summed E-state index contributed by atoms with van der Waals surface area (Å²) in [5.41, 5.74) is 0.757. The van der Waals surface area contributed by atoms with Crippen LogP contribution in [0, 0.1) is 11.3 Å². The number of fused-ring (bicyclic) bond motifs is 1. The quantitative estimate of drug-likeness (QED) is 0.865. The maximum Gasteiger partial charge on any atom is 0.230 e. The molecule has 4 nitrogen and oxygen atoms in total. The van der Waals surface area contributed by atoms with Gasteiger partial charge in [0, 0.05) is 11.8 Å². The fourth-order valence-electron chi connectivity index (χ4n) is 2.24. The summed E-state index contributed by atoms with van der Waals surface area (Å²) < 4.78 is 10.3. The Labute approximate surface area is 99.9 Å². The van der Waals surface area contributed by atoms with Crippen LogP contribution in [-0.4, -0.2) is 20.1 Å². The Bertz CT molecular complexity index is 478. The number of carbonyl (C=O) groups is 1. The molecule has 0 aliphatic heterocycles. The Hall–Kier alpha value is -1.71. The van der Waals surface area contributed by atoms with Crippen LogP contribution in [0.2, 0.25) is 0 Å². The molecule has 0 unspecified atom stereocenters. The summed E-state index contributed by atoms with van der Waals surface area (Å²) in [6, 6.07) is 5.41. The van der Waals surface area contributed by atoms with E-state index in [0.29, 0.717) is 17.4 Å². The highest BCUT2D eigenvalue weighted by molar-refractivity contribution is 6.00. The van der Waals surface area contributed by atoms with E-state index in [4.69, 9.17) is 9.47 Å². The van der Waals surface area contributed by atoms with Crippen LogP contribution >= 0.6 is 0 Å². The van der Waals surface area contributed by atoms with Crippen LogP contribution < -0.4 is 14.8 Å². The van der Waals surface area contributed by atoms with E-state index in [9.17, 15) is 4.79 Å². The number of anilines is 1. The molecular formula is C13H15NO3. The number of rotatable bonds is 4. The normalized spacial score (nSPS) is 28.0. The molecule has 0 saturated heterocycles. The van der Waals surface area contributed by atoms with Crippen molar-refractivity contribution in [3.05, 3.63) is 18.2 Å². The molecule has 0 spiro atoms. The van der Waals surface area contributed by atoms with Gasteiger partial charge in [0.25, 0.3) is 0 Å². The van der Waals surface area contributed by atoms with Crippen molar-refractivity contribution in [2.24, 2.45) is 11.3 Å². The van der Waals surface area contributed by atoms with Crippen LogP contribution in [0.3, 0.4) is 0 Å².